The second-order valence-electron chi connectivity index (χ2n) is 5.60. The van der Waals surface area contributed by atoms with Crippen molar-refractivity contribution in [3.8, 4) is 5.75 Å². The van der Waals surface area contributed by atoms with Gasteiger partial charge in [0.25, 0.3) is 0 Å². The summed E-state index contributed by atoms with van der Waals surface area (Å²) in [5, 5.41) is 0.128. The smallest absolute Gasteiger partial charge is 0.414 e. The first kappa shape index (κ1) is 18.5. The Morgan fingerprint density at radius 2 is 1.92 bits per heavy atom. The molecule has 0 bridgehead atoms. The molecule has 1 aliphatic rings. The van der Waals surface area contributed by atoms with Crippen LogP contribution >= 0.6 is 11.6 Å². The second kappa shape index (κ2) is 7.53. The van der Waals surface area contributed by atoms with E-state index in [1.807, 2.05) is 0 Å². The number of nitrogens with one attached hydrogen (secondary N) is 1. The normalized spacial score (nSPS) is 17.2. The Bertz CT molecular complexity index is 902. The van der Waals surface area contributed by atoms with E-state index in [-0.39, 0.29) is 23.0 Å². The summed E-state index contributed by atoms with van der Waals surface area (Å²) >= 11 is 5.93. The Hall–Kier alpha value is -2.29. The van der Waals surface area contributed by atoms with E-state index in [9.17, 15) is 13.2 Å². The van der Waals surface area contributed by atoms with Crippen molar-refractivity contribution in [1.29, 1.82) is 0 Å². The molecule has 138 valence electrons. The molecule has 1 aliphatic heterocycles. The number of nitrogens with zero attached hydrogens (tertiary/aromatic N) is 1. The Morgan fingerprint density at radius 1 is 1.23 bits per heavy atom. The molecule has 0 unspecified atom stereocenters. The second-order valence-corrected chi connectivity index (χ2v) is 7.74. The summed E-state index contributed by atoms with van der Waals surface area (Å²) in [6.07, 6.45) is -1.14. The van der Waals surface area contributed by atoms with Crippen molar-refractivity contribution in [3.63, 3.8) is 0 Å². The third-order valence-electron chi connectivity index (χ3n) is 3.89. The molecule has 1 N–H and O–H groups in total. The van der Waals surface area contributed by atoms with E-state index in [0.717, 1.165) is 0 Å². The number of rotatable bonds is 6. The zero-order chi connectivity index (χ0) is 18.7. The van der Waals surface area contributed by atoms with Gasteiger partial charge in [-0.05, 0) is 36.4 Å². The third kappa shape index (κ3) is 3.92. The Labute approximate surface area is 156 Å². The summed E-state index contributed by atoms with van der Waals surface area (Å²) in [4.78, 5) is 13.5. The van der Waals surface area contributed by atoms with Crippen LogP contribution in [0.5, 0.6) is 5.75 Å². The van der Waals surface area contributed by atoms with Gasteiger partial charge in [-0.2, -0.15) is 0 Å². The lowest BCUT2D eigenvalue weighted by Gasteiger charge is -2.14. The van der Waals surface area contributed by atoms with E-state index < -0.39 is 22.2 Å². The standard InChI is InChI=1S/C17H17ClN2O5S/c1-24-13-8-6-12(7-9-13)20-11-14(25-17(20)21)10-19-26(22,23)16-5-3-2-4-15(16)18/h2-9,14,19H,10-11H2,1H3/t14-/m1/s1. The molecule has 1 saturated heterocycles. The van der Waals surface area contributed by atoms with Gasteiger partial charge in [0.05, 0.1) is 18.7 Å². The van der Waals surface area contributed by atoms with Crippen LogP contribution in [0.15, 0.2) is 53.4 Å². The zero-order valence-electron chi connectivity index (χ0n) is 13.9. The van der Waals surface area contributed by atoms with Crippen molar-refractivity contribution in [2.45, 2.75) is 11.0 Å². The molecule has 2 aromatic rings. The lowest BCUT2D eigenvalue weighted by Crippen LogP contribution is -2.34. The molecule has 2 aromatic carbocycles. The Balaban J connectivity index is 1.65. The number of methoxy groups -OCH3 is 1. The highest BCUT2D eigenvalue weighted by atomic mass is 35.5. The summed E-state index contributed by atoms with van der Waals surface area (Å²) < 4.78 is 37.5. The largest absolute Gasteiger partial charge is 0.497 e. The number of sulfonamides is 1. The Morgan fingerprint density at radius 3 is 2.58 bits per heavy atom. The van der Waals surface area contributed by atoms with Crippen LogP contribution in [0.25, 0.3) is 0 Å². The molecule has 26 heavy (non-hydrogen) atoms. The first-order valence-corrected chi connectivity index (χ1v) is 9.63. The van der Waals surface area contributed by atoms with Gasteiger partial charge in [-0.1, -0.05) is 23.7 Å². The predicted molar refractivity (Wildman–Crippen MR) is 97.2 cm³/mol. The fourth-order valence-electron chi connectivity index (χ4n) is 2.54. The average molecular weight is 397 g/mol. The first-order chi connectivity index (χ1) is 12.4. The van der Waals surface area contributed by atoms with Gasteiger partial charge in [-0.3, -0.25) is 4.90 Å². The van der Waals surface area contributed by atoms with Crippen LogP contribution in [0.2, 0.25) is 5.02 Å². The predicted octanol–water partition coefficient (Wildman–Crippen LogP) is 2.65. The minimum absolute atomic E-state index is 0.0157. The number of carbonyl (C=O) groups is 1. The molecule has 0 spiro atoms. The minimum atomic E-state index is -3.80. The zero-order valence-corrected chi connectivity index (χ0v) is 15.5. The van der Waals surface area contributed by atoms with Gasteiger partial charge in [0.2, 0.25) is 10.0 Å². The molecule has 1 atom stereocenters. The first-order valence-electron chi connectivity index (χ1n) is 7.77. The SMILES string of the molecule is COc1ccc(N2C[C@@H](CNS(=O)(=O)c3ccccc3Cl)OC2=O)cc1. The fraction of sp³-hybridized carbons (Fsp3) is 0.235. The minimum Gasteiger partial charge on any atom is -0.497 e. The van der Waals surface area contributed by atoms with Crippen LogP contribution in [0, 0.1) is 0 Å². The van der Waals surface area contributed by atoms with Crippen molar-refractivity contribution in [2.24, 2.45) is 0 Å². The summed E-state index contributed by atoms with van der Waals surface area (Å²) in [5.74, 6) is 0.672. The maximum absolute atomic E-state index is 12.3. The molecule has 0 saturated carbocycles. The van der Waals surface area contributed by atoms with E-state index in [0.29, 0.717) is 11.4 Å². The summed E-state index contributed by atoms with van der Waals surface area (Å²) in [7, 11) is -2.24. The van der Waals surface area contributed by atoms with Gasteiger partial charge in [0.1, 0.15) is 16.7 Å². The van der Waals surface area contributed by atoms with E-state index in [4.69, 9.17) is 21.1 Å². The van der Waals surface area contributed by atoms with Gasteiger partial charge in [0, 0.05) is 12.2 Å². The van der Waals surface area contributed by atoms with Gasteiger partial charge in [-0.15, -0.1) is 0 Å². The molecule has 0 aromatic heterocycles. The van der Waals surface area contributed by atoms with E-state index in [1.54, 1.807) is 43.5 Å². The summed E-state index contributed by atoms with van der Waals surface area (Å²) in [6, 6.07) is 13.1. The summed E-state index contributed by atoms with van der Waals surface area (Å²) in [5.41, 5.74) is 0.646. The number of halogens is 1. The maximum atomic E-state index is 12.3. The topological polar surface area (TPSA) is 84.9 Å². The van der Waals surface area contributed by atoms with Crippen molar-refractivity contribution >= 4 is 33.4 Å². The number of anilines is 1. The van der Waals surface area contributed by atoms with E-state index >= 15 is 0 Å². The third-order valence-corrected chi connectivity index (χ3v) is 5.81. The maximum Gasteiger partial charge on any atom is 0.414 e. The molecule has 0 aliphatic carbocycles. The lowest BCUT2D eigenvalue weighted by molar-refractivity contribution is 0.143. The monoisotopic (exact) mass is 396 g/mol. The van der Waals surface area contributed by atoms with Crippen molar-refractivity contribution in [1.82, 2.24) is 4.72 Å². The van der Waals surface area contributed by atoms with Crippen molar-refractivity contribution in [3.05, 3.63) is 53.6 Å². The average Bonchev–Trinajstić information content (AvgIpc) is 3.01. The quantitative estimate of drug-likeness (QED) is 0.811. The molecule has 1 heterocycles. The van der Waals surface area contributed by atoms with Gasteiger partial charge >= 0.3 is 6.09 Å². The number of ether oxygens (including phenoxy) is 2. The molecule has 3 rings (SSSR count). The Kier molecular flexibility index (Phi) is 5.36. The van der Waals surface area contributed by atoms with Gasteiger partial charge in [-0.25, -0.2) is 17.9 Å². The molecule has 7 nitrogen and oxygen atoms in total. The highest BCUT2D eigenvalue weighted by Crippen LogP contribution is 2.24. The number of carbonyl (C=O) groups excluding carboxylic acids is 1. The lowest BCUT2D eigenvalue weighted by atomic mass is 10.2. The van der Waals surface area contributed by atoms with Crippen LogP contribution in [0.1, 0.15) is 0 Å². The van der Waals surface area contributed by atoms with Crippen molar-refractivity contribution in [2.75, 3.05) is 25.1 Å². The number of hydrogen-bond donors (Lipinski definition) is 1. The number of benzene rings is 2. The molecule has 1 fully saturated rings. The van der Waals surface area contributed by atoms with Crippen LogP contribution in [-0.2, 0) is 14.8 Å². The number of cyclic esters (lactones) is 1. The fourth-order valence-corrected chi connectivity index (χ4v) is 4.13. The highest BCUT2D eigenvalue weighted by molar-refractivity contribution is 7.89. The van der Waals surface area contributed by atoms with Crippen LogP contribution in [0.3, 0.4) is 0 Å². The van der Waals surface area contributed by atoms with Gasteiger partial charge in [0.15, 0.2) is 0 Å². The molecular formula is C17H17ClN2O5S. The number of amides is 1. The molecule has 1 amide bonds. The molecule has 0 radical (unpaired) electrons. The van der Waals surface area contributed by atoms with Crippen LogP contribution < -0.4 is 14.4 Å². The number of hydrogen-bond acceptors (Lipinski definition) is 5. The van der Waals surface area contributed by atoms with Crippen molar-refractivity contribution < 1.29 is 22.7 Å². The van der Waals surface area contributed by atoms with Crippen LogP contribution in [-0.4, -0.2) is 40.8 Å². The molecular weight excluding hydrogens is 380 g/mol. The summed E-state index contributed by atoms with van der Waals surface area (Å²) in [6.45, 7) is 0.183. The van der Waals surface area contributed by atoms with E-state index in [1.165, 1.54) is 17.0 Å². The highest BCUT2D eigenvalue weighted by Gasteiger charge is 2.33. The van der Waals surface area contributed by atoms with Gasteiger partial charge < -0.3 is 9.47 Å². The van der Waals surface area contributed by atoms with E-state index in [2.05, 4.69) is 4.72 Å². The van der Waals surface area contributed by atoms with Crippen LogP contribution in [0.4, 0.5) is 10.5 Å². The molecule has 9 heteroatoms.